The standard InChI is InChI=1S/C22H23N3O5S/c1-5-28-21(27)15-6-8-17(9-7-15)30-19-11-16(10-18(12-19)29-13(2)3)20(26)24-22-23-14(4)25-31-22/h6-13H,5H2,1-4H3,(H,23,24,25,26). The van der Waals surface area contributed by atoms with Crippen molar-refractivity contribution >= 4 is 28.5 Å². The summed E-state index contributed by atoms with van der Waals surface area (Å²) in [7, 11) is 0. The van der Waals surface area contributed by atoms with Crippen LogP contribution in [-0.2, 0) is 4.74 Å². The van der Waals surface area contributed by atoms with Crippen molar-refractivity contribution in [3.63, 3.8) is 0 Å². The van der Waals surface area contributed by atoms with E-state index in [2.05, 4.69) is 14.7 Å². The van der Waals surface area contributed by atoms with E-state index in [1.807, 2.05) is 13.8 Å². The Bertz CT molecular complexity index is 1060. The molecule has 1 aromatic heterocycles. The number of anilines is 1. The number of nitrogens with zero attached hydrogens (tertiary/aromatic N) is 2. The van der Waals surface area contributed by atoms with E-state index in [9.17, 15) is 9.59 Å². The number of amides is 1. The zero-order chi connectivity index (χ0) is 22.4. The molecule has 0 saturated carbocycles. The van der Waals surface area contributed by atoms with Crippen LogP contribution in [0.25, 0.3) is 0 Å². The van der Waals surface area contributed by atoms with Gasteiger partial charge in [-0.2, -0.15) is 4.37 Å². The number of carbonyl (C=O) groups excluding carboxylic acids is 2. The third-order valence-electron chi connectivity index (χ3n) is 3.86. The van der Waals surface area contributed by atoms with Crippen molar-refractivity contribution in [2.45, 2.75) is 33.8 Å². The number of rotatable bonds is 8. The highest BCUT2D eigenvalue weighted by Crippen LogP contribution is 2.29. The van der Waals surface area contributed by atoms with Gasteiger partial charge < -0.3 is 14.2 Å². The van der Waals surface area contributed by atoms with Gasteiger partial charge in [0.1, 0.15) is 23.1 Å². The van der Waals surface area contributed by atoms with Gasteiger partial charge in [-0.3, -0.25) is 10.1 Å². The first-order valence-electron chi connectivity index (χ1n) is 9.72. The molecule has 0 radical (unpaired) electrons. The number of benzene rings is 2. The van der Waals surface area contributed by atoms with Gasteiger partial charge in [0.2, 0.25) is 5.13 Å². The predicted octanol–water partition coefficient (Wildman–Crippen LogP) is 4.86. The lowest BCUT2D eigenvalue weighted by Gasteiger charge is -2.14. The Labute approximate surface area is 184 Å². The minimum Gasteiger partial charge on any atom is -0.491 e. The van der Waals surface area contributed by atoms with Crippen molar-refractivity contribution in [1.82, 2.24) is 9.36 Å². The molecule has 0 saturated heterocycles. The highest BCUT2D eigenvalue weighted by atomic mass is 32.1. The zero-order valence-electron chi connectivity index (χ0n) is 17.7. The van der Waals surface area contributed by atoms with Crippen LogP contribution in [0.3, 0.4) is 0 Å². The van der Waals surface area contributed by atoms with E-state index in [0.717, 1.165) is 11.5 Å². The van der Waals surface area contributed by atoms with Crippen molar-refractivity contribution in [3.05, 3.63) is 59.4 Å². The monoisotopic (exact) mass is 441 g/mol. The van der Waals surface area contributed by atoms with Gasteiger partial charge in [-0.05, 0) is 64.1 Å². The SMILES string of the molecule is CCOC(=O)c1ccc(Oc2cc(OC(C)C)cc(C(=O)Nc3nc(C)ns3)c2)cc1. The van der Waals surface area contributed by atoms with E-state index in [1.165, 1.54) is 0 Å². The number of hydrogen-bond donors (Lipinski definition) is 1. The zero-order valence-corrected chi connectivity index (χ0v) is 18.5. The summed E-state index contributed by atoms with van der Waals surface area (Å²) in [6, 6.07) is 11.5. The molecule has 8 nitrogen and oxygen atoms in total. The molecule has 0 unspecified atom stereocenters. The maximum absolute atomic E-state index is 12.7. The summed E-state index contributed by atoms with van der Waals surface area (Å²) in [6.45, 7) is 7.60. The van der Waals surface area contributed by atoms with Crippen LogP contribution in [0.5, 0.6) is 17.2 Å². The normalized spacial score (nSPS) is 10.6. The van der Waals surface area contributed by atoms with Crippen molar-refractivity contribution in [1.29, 1.82) is 0 Å². The van der Waals surface area contributed by atoms with Crippen LogP contribution in [0.2, 0.25) is 0 Å². The van der Waals surface area contributed by atoms with Gasteiger partial charge in [0.25, 0.3) is 5.91 Å². The highest BCUT2D eigenvalue weighted by Gasteiger charge is 2.14. The third kappa shape index (κ3) is 6.26. The average Bonchev–Trinajstić information content (AvgIpc) is 3.12. The smallest absolute Gasteiger partial charge is 0.338 e. The van der Waals surface area contributed by atoms with E-state index in [0.29, 0.717) is 45.9 Å². The number of carbonyl (C=O) groups is 2. The van der Waals surface area contributed by atoms with Gasteiger partial charge in [-0.25, -0.2) is 9.78 Å². The Morgan fingerprint density at radius 1 is 1.03 bits per heavy atom. The van der Waals surface area contributed by atoms with Crippen molar-refractivity contribution in [3.8, 4) is 17.2 Å². The highest BCUT2D eigenvalue weighted by molar-refractivity contribution is 7.09. The number of nitrogens with one attached hydrogen (secondary N) is 1. The molecule has 162 valence electrons. The van der Waals surface area contributed by atoms with E-state index >= 15 is 0 Å². The van der Waals surface area contributed by atoms with Crippen LogP contribution in [-0.4, -0.2) is 33.9 Å². The summed E-state index contributed by atoms with van der Waals surface area (Å²) < 4.78 is 20.7. The minimum atomic E-state index is -0.396. The molecule has 0 aliphatic carbocycles. The summed E-state index contributed by atoms with van der Waals surface area (Å²) in [4.78, 5) is 28.7. The Morgan fingerprint density at radius 3 is 2.35 bits per heavy atom. The second-order valence-electron chi connectivity index (χ2n) is 6.81. The number of hydrogen-bond acceptors (Lipinski definition) is 8. The van der Waals surface area contributed by atoms with E-state index < -0.39 is 5.97 Å². The van der Waals surface area contributed by atoms with E-state index in [4.69, 9.17) is 14.2 Å². The lowest BCUT2D eigenvalue weighted by Crippen LogP contribution is -2.13. The van der Waals surface area contributed by atoms with Crippen LogP contribution in [0.1, 0.15) is 47.3 Å². The van der Waals surface area contributed by atoms with Crippen molar-refractivity contribution in [2.24, 2.45) is 0 Å². The average molecular weight is 442 g/mol. The fourth-order valence-electron chi connectivity index (χ4n) is 2.63. The molecule has 0 fully saturated rings. The molecule has 1 amide bonds. The first-order chi connectivity index (χ1) is 14.8. The lowest BCUT2D eigenvalue weighted by molar-refractivity contribution is 0.0526. The number of esters is 1. The van der Waals surface area contributed by atoms with Crippen LogP contribution in [0.4, 0.5) is 5.13 Å². The molecular weight excluding hydrogens is 418 g/mol. The number of ether oxygens (including phenoxy) is 3. The molecule has 2 aromatic carbocycles. The molecule has 0 bridgehead atoms. The molecule has 31 heavy (non-hydrogen) atoms. The second kappa shape index (κ2) is 10.0. The fraction of sp³-hybridized carbons (Fsp3) is 0.273. The third-order valence-corrected chi connectivity index (χ3v) is 4.58. The summed E-state index contributed by atoms with van der Waals surface area (Å²) in [5, 5.41) is 3.14. The van der Waals surface area contributed by atoms with Crippen LogP contribution >= 0.6 is 11.5 Å². The molecular formula is C22H23N3O5S. The summed E-state index contributed by atoms with van der Waals surface area (Å²) in [5.41, 5.74) is 0.780. The first kappa shape index (κ1) is 22.2. The van der Waals surface area contributed by atoms with Crippen LogP contribution in [0.15, 0.2) is 42.5 Å². The van der Waals surface area contributed by atoms with Crippen LogP contribution in [0, 0.1) is 6.92 Å². The molecule has 3 rings (SSSR count). The quantitative estimate of drug-likeness (QED) is 0.499. The van der Waals surface area contributed by atoms with E-state index in [1.54, 1.807) is 56.3 Å². The van der Waals surface area contributed by atoms with E-state index in [-0.39, 0.29) is 12.0 Å². The summed E-state index contributed by atoms with van der Waals surface area (Å²) in [5.74, 6) is 1.25. The van der Waals surface area contributed by atoms with Gasteiger partial charge in [0.05, 0.1) is 18.3 Å². The molecule has 9 heteroatoms. The van der Waals surface area contributed by atoms with Crippen molar-refractivity contribution < 1.29 is 23.8 Å². The lowest BCUT2D eigenvalue weighted by atomic mass is 10.2. The van der Waals surface area contributed by atoms with Gasteiger partial charge in [-0.1, -0.05) is 0 Å². The first-order valence-corrected chi connectivity index (χ1v) is 10.5. The summed E-state index contributed by atoms with van der Waals surface area (Å²) in [6.07, 6.45) is -0.0826. The minimum absolute atomic E-state index is 0.0826. The Morgan fingerprint density at radius 2 is 1.74 bits per heavy atom. The maximum atomic E-state index is 12.7. The molecule has 3 aromatic rings. The molecule has 0 atom stereocenters. The molecule has 1 heterocycles. The second-order valence-corrected chi connectivity index (χ2v) is 7.56. The summed E-state index contributed by atoms with van der Waals surface area (Å²) >= 11 is 1.11. The fourth-order valence-corrected chi connectivity index (χ4v) is 3.20. The number of aryl methyl sites for hydroxylation is 1. The predicted molar refractivity (Wildman–Crippen MR) is 117 cm³/mol. The van der Waals surface area contributed by atoms with Gasteiger partial charge in [-0.15, -0.1) is 0 Å². The Hall–Kier alpha value is -3.46. The Balaban J connectivity index is 1.82. The van der Waals surface area contributed by atoms with Gasteiger partial charge in [0, 0.05) is 23.2 Å². The largest absolute Gasteiger partial charge is 0.491 e. The van der Waals surface area contributed by atoms with Crippen molar-refractivity contribution in [2.75, 3.05) is 11.9 Å². The topological polar surface area (TPSA) is 99.6 Å². The van der Waals surface area contributed by atoms with Gasteiger partial charge in [0.15, 0.2) is 0 Å². The van der Waals surface area contributed by atoms with Crippen LogP contribution < -0.4 is 14.8 Å². The Kier molecular flexibility index (Phi) is 7.19. The van der Waals surface area contributed by atoms with Gasteiger partial charge >= 0.3 is 5.97 Å². The maximum Gasteiger partial charge on any atom is 0.338 e. The molecule has 1 N–H and O–H groups in total. The number of aromatic nitrogens is 2. The molecule has 0 aliphatic rings. The molecule has 0 aliphatic heterocycles. The molecule has 0 spiro atoms.